The summed E-state index contributed by atoms with van der Waals surface area (Å²) in [6.07, 6.45) is 1.45. The molecule has 0 bridgehead atoms. The molecule has 0 aromatic heterocycles. The number of hydrogen-bond donors (Lipinski definition) is 1. The van der Waals surface area contributed by atoms with Crippen molar-refractivity contribution in [1.29, 1.82) is 5.26 Å². The van der Waals surface area contributed by atoms with Crippen LogP contribution in [-0.4, -0.2) is 32.2 Å². The van der Waals surface area contributed by atoms with Crippen LogP contribution in [0.1, 0.15) is 18.1 Å². The molecule has 0 spiro atoms. The van der Waals surface area contributed by atoms with Gasteiger partial charge in [-0.1, -0.05) is 28.1 Å². The lowest BCUT2D eigenvalue weighted by atomic mass is 10.1. The van der Waals surface area contributed by atoms with Crippen LogP contribution in [0.4, 0.5) is 5.69 Å². The van der Waals surface area contributed by atoms with Crippen LogP contribution in [0.3, 0.4) is 0 Å². The van der Waals surface area contributed by atoms with Gasteiger partial charge < -0.3 is 19.5 Å². The van der Waals surface area contributed by atoms with Crippen LogP contribution in [0.5, 0.6) is 11.5 Å². The van der Waals surface area contributed by atoms with Crippen LogP contribution in [0, 0.1) is 18.3 Å². The molecule has 0 atom stereocenters. The molecule has 156 valence electrons. The van der Waals surface area contributed by atoms with Crippen molar-refractivity contribution in [3.05, 3.63) is 57.6 Å². The predicted molar refractivity (Wildman–Crippen MR) is 116 cm³/mol. The summed E-state index contributed by atoms with van der Waals surface area (Å²) in [4.78, 5) is 23.9. The van der Waals surface area contributed by atoms with E-state index in [1.54, 1.807) is 25.1 Å². The number of amides is 1. The molecular formula is C22H21BrN2O5. The van der Waals surface area contributed by atoms with Gasteiger partial charge in [0, 0.05) is 10.2 Å². The number of nitrogens with one attached hydrogen (secondary N) is 1. The number of ether oxygens (including phenoxy) is 3. The first-order valence-corrected chi connectivity index (χ1v) is 9.83. The van der Waals surface area contributed by atoms with Crippen molar-refractivity contribution in [3.63, 3.8) is 0 Å². The summed E-state index contributed by atoms with van der Waals surface area (Å²) in [7, 11) is 1.27. The maximum absolute atomic E-state index is 12.5. The molecule has 7 nitrogen and oxygen atoms in total. The van der Waals surface area contributed by atoms with Gasteiger partial charge in [-0.05, 0) is 55.3 Å². The van der Waals surface area contributed by atoms with Crippen LogP contribution in [0.2, 0.25) is 0 Å². The fraction of sp³-hybridized carbons (Fsp3) is 0.227. The molecule has 2 rings (SSSR count). The van der Waals surface area contributed by atoms with Crippen molar-refractivity contribution >= 4 is 39.6 Å². The molecular weight excluding hydrogens is 452 g/mol. The number of nitriles is 1. The van der Waals surface area contributed by atoms with Gasteiger partial charge >= 0.3 is 5.97 Å². The molecule has 1 N–H and O–H groups in total. The van der Waals surface area contributed by atoms with Crippen LogP contribution >= 0.6 is 15.9 Å². The number of methoxy groups -OCH3 is 1. The molecule has 0 saturated heterocycles. The van der Waals surface area contributed by atoms with Crippen molar-refractivity contribution < 1.29 is 23.8 Å². The minimum Gasteiger partial charge on any atom is -0.490 e. The number of esters is 1. The number of carbonyl (C=O) groups excluding carboxylic acids is 2. The van der Waals surface area contributed by atoms with E-state index in [1.807, 2.05) is 31.2 Å². The van der Waals surface area contributed by atoms with Crippen molar-refractivity contribution in [2.24, 2.45) is 0 Å². The molecule has 0 unspecified atom stereocenters. The van der Waals surface area contributed by atoms with E-state index in [2.05, 4.69) is 26.0 Å². The molecule has 1 amide bonds. The maximum atomic E-state index is 12.5. The van der Waals surface area contributed by atoms with E-state index in [1.165, 1.54) is 13.2 Å². The summed E-state index contributed by atoms with van der Waals surface area (Å²) in [5, 5.41) is 12.2. The zero-order chi connectivity index (χ0) is 22.1. The highest BCUT2D eigenvalue weighted by Gasteiger charge is 2.15. The third-order valence-electron chi connectivity index (χ3n) is 3.88. The van der Waals surface area contributed by atoms with E-state index < -0.39 is 11.9 Å². The van der Waals surface area contributed by atoms with Gasteiger partial charge in [0.1, 0.15) is 11.6 Å². The van der Waals surface area contributed by atoms with Gasteiger partial charge in [-0.2, -0.15) is 5.26 Å². The normalized spacial score (nSPS) is 10.7. The van der Waals surface area contributed by atoms with E-state index in [0.29, 0.717) is 33.8 Å². The first-order chi connectivity index (χ1) is 14.4. The van der Waals surface area contributed by atoms with Gasteiger partial charge in [0.2, 0.25) is 0 Å². The number of carbonyl (C=O) groups is 2. The quantitative estimate of drug-likeness (QED) is 0.350. The Morgan fingerprint density at radius 2 is 1.93 bits per heavy atom. The topological polar surface area (TPSA) is 97.6 Å². The molecule has 0 aliphatic heterocycles. The highest BCUT2D eigenvalue weighted by atomic mass is 79.9. The summed E-state index contributed by atoms with van der Waals surface area (Å²) in [5.74, 6) is -0.364. The molecule has 8 heteroatoms. The lowest BCUT2D eigenvalue weighted by molar-refractivity contribution is -0.142. The Morgan fingerprint density at radius 1 is 1.20 bits per heavy atom. The number of aryl methyl sites for hydroxylation is 1. The molecule has 0 saturated carbocycles. The summed E-state index contributed by atoms with van der Waals surface area (Å²) >= 11 is 3.40. The zero-order valence-corrected chi connectivity index (χ0v) is 18.4. The first kappa shape index (κ1) is 23.0. The largest absolute Gasteiger partial charge is 0.490 e. The lowest BCUT2D eigenvalue weighted by Gasteiger charge is -2.13. The fourth-order valence-electron chi connectivity index (χ4n) is 2.46. The second-order valence-corrected chi connectivity index (χ2v) is 6.97. The van der Waals surface area contributed by atoms with Crippen molar-refractivity contribution in [2.45, 2.75) is 13.8 Å². The van der Waals surface area contributed by atoms with Crippen molar-refractivity contribution in [2.75, 3.05) is 25.6 Å². The average Bonchev–Trinajstić information content (AvgIpc) is 2.72. The van der Waals surface area contributed by atoms with Gasteiger partial charge in [0.25, 0.3) is 5.91 Å². The van der Waals surface area contributed by atoms with Crippen LogP contribution in [0.25, 0.3) is 6.08 Å². The van der Waals surface area contributed by atoms with Gasteiger partial charge in [-0.25, -0.2) is 4.79 Å². The molecule has 0 heterocycles. The monoisotopic (exact) mass is 472 g/mol. The Balaban J connectivity index is 2.32. The van der Waals surface area contributed by atoms with Gasteiger partial charge in [-0.15, -0.1) is 0 Å². The number of hydrogen-bond acceptors (Lipinski definition) is 6. The minimum absolute atomic E-state index is 0.0807. The SMILES string of the molecule is CCOc1cc(/C=C(\C#N)C(=O)Nc2cccc(C)c2)c(Br)cc1OCC(=O)OC. The summed E-state index contributed by atoms with van der Waals surface area (Å²) in [5.41, 5.74) is 2.05. The van der Waals surface area contributed by atoms with Crippen LogP contribution < -0.4 is 14.8 Å². The third kappa shape index (κ3) is 6.36. The second-order valence-electron chi connectivity index (χ2n) is 6.11. The van der Waals surface area contributed by atoms with E-state index in [4.69, 9.17) is 9.47 Å². The van der Waals surface area contributed by atoms with E-state index in [0.717, 1.165) is 5.56 Å². The summed E-state index contributed by atoms with van der Waals surface area (Å²) in [6, 6.07) is 12.4. The first-order valence-electron chi connectivity index (χ1n) is 9.03. The molecule has 0 fully saturated rings. The number of anilines is 1. The van der Waals surface area contributed by atoms with E-state index in [9.17, 15) is 14.9 Å². The highest BCUT2D eigenvalue weighted by molar-refractivity contribution is 9.10. The van der Waals surface area contributed by atoms with Crippen molar-refractivity contribution in [1.82, 2.24) is 0 Å². The molecule has 0 aliphatic carbocycles. The molecule has 2 aromatic rings. The highest BCUT2D eigenvalue weighted by Crippen LogP contribution is 2.35. The Hall–Kier alpha value is -3.31. The number of benzene rings is 2. The Labute approximate surface area is 183 Å². The Morgan fingerprint density at radius 3 is 2.57 bits per heavy atom. The number of halogens is 1. The fourth-order valence-corrected chi connectivity index (χ4v) is 2.90. The smallest absolute Gasteiger partial charge is 0.343 e. The van der Waals surface area contributed by atoms with Gasteiger partial charge in [0.15, 0.2) is 18.1 Å². The molecule has 2 aromatic carbocycles. The number of nitrogens with zero attached hydrogens (tertiary/aromatic N) is 1. The standard InChI is InChI=1S/C22H21BrN2O5/c1-4-29-19-10-15(18(23)11-20(19)30-13-21(26)28-3)9-16(12-24)22(27)25-17-7-5-6-14(2)8-17/h5-11H,4,13H2,1-3H3,(H,25,27)/b16-9+. The summed E-state index contributed by atoms with van der Waals surface area (Å²) < 4.78 is 16.2. The third-order valence-corrected chi connectivity index (χ3v) is 4.56. The van der Waals surface area contributed by atoms with Crippen molar-refractivity contribution in [3.8, 4) is 17.6 Å². The maximum Gasteiger partial charge on any atom is 0.343 e. The lowest BCUT2D eigenvalue weighted by Crippen LogP contribution is -2.14. The number of rotatable bonds is 8. The second kappa shape index (κ2) is 11.0. The Kier molecular flexibility index (Phi) is 8.44. The molecule has 30 heavy (non-hydrogen) atoms. The van der Waals surface area contributed by atoms with E-state index >= 15 is 0 Å². The average molecular weight is 473 g/mol. The van der Waals surface area contributed by atoms with Crippen LogP contribution in [-0.2, 0) is 14.3 Å². The molecule has 0 radical (unpaired) electrons. The minimum atomic E-state index is -0.530. The van der Waals surface area contributed by atoms with E-state index in [-0.39, 0.29) is 12.2 Å². The van der Waals surface area contributed by atoms with Gasteiger partial charge in [0.05, 0.1) is 13.7 Å². The predicted octanol–water partition coefficient (Wildman–Crippen LogP) is 4.25. The Bertz CT molecular complexity index is 1010. The zero-order valence-electron chi connectivity index (χ0n) is 16.8. The van der Waals surface area contributed by atoms with Crippen LogP contribution in [0.15, 0.2) is 46.4 Å². The summed E-state index contributed by atoms with van der Waals surface area (Å²) in [6.45, 7) is 3.80. The van der Waals surface area contributed by atoms with Gasteiger partial charge in [-0.3, -0.25) is 4.79 Å². The molecule has 0 aliphatic rings.